The van der Waals surface area contributed by atoms with E-state index in [1.54, 1.807) is 12.1 Å². The number of phenolic OH excluding ortho intramolecular Hbond substituents is 2. The molecule has 0 spiro atoms. The van der Waals surface area contributed by atoms with Crippen LogP contribution in [0.3, 0.4) is 0 Å². The van der Waals surface area contributed by atoms with Gasteiger partial charge in [-0.2, -0.15) is 0 Å². The summed E-state index contributed by atoms with van der Waals surface area (Å²) >= 11 is 0. The van der Waals surface area contributed by atoms with Gasteiger partial charge in [0.15, 0.2) is 0 Å². The molecular formula is C18H22O2. The molecule has 0 radical (unpaired) electrons. The molecule has 0 heterocycles. The van der Waals surface area contributed by atoms with Crippen molar-refractivity contribution in [2.75, 3.05) is 0 Å². The summed E-state index contributed by atoms with van der Waals surface area (Å²) in [6.07, 6.45) is 0. The fraction of sp³-hybridized carbons (Fsp3) is 0.333. The van der Waals surface area contributed by atoms with Crippen molar-refractivity contribution in [1.82, 2.24) is 0 Å². The first-order chi connectivity index (χ1) is 9.32. The van der Waals surface area contributed by atoms with Gasteiger partial charge in [0.2, 0.25) is 0 Å². The maximum Gasteiger partial charge on any atom is 0.119 e. The Hall–Kier alpha value is -1.96. The van der Waals surface area contributed by atoms with Crippen molar-refractivity contribution in [1.29, 1.82) is 0 Å². The van der Waals surface area contributed by atoms with Crippen molar-refractivity contribution in [3.8, 4) is 11.5 Å². The molecule has 0 saturated carbocycles. The third-order valence-corrected chi connectivity index (χ3v) is 3.94. The van der Waals surface area contributed by atoms with Gasteiger partial charge in [0, 0.05) is 5.41 Å². The van der Waals surface area contributed by atoms with Crippen molar-refractivity contribution in [2.45, 2.75) is 39.0 Å². The molecule has 0 aliphatic rings. The van der Waals surface area contributed by atoms with Crippen molar-refractivity contribution >= 4 is 0 Å². The van der Waals surface area contributed by atoms with E-state index in [1.807, 2.05) is 24.3 Å². The Morgan fingerprint density at radius 3 is 2.10 bits per heavy atom. The van der Waals surface area contributed by atoms with E-state index in [4.69, 9.17) is 0 Å². The molecule has 0 aromatic heterocycles. The second-order valence-corrected chi connectivity index (χ2v) is 6.10. The molecule has 0 fully saturated rings. The Labute approximate surface area is 120 Å². The van der Waals surface area contributed by atoms with Gasteiger partial charge in [-0.25, -0.2) is 0 Å². The lowest BCUT2D eigenvalue weighted by Crippen LogP contribution is -2.18. The van der Waals surface area contributed by atoms with Gasteiger partial charge in [-0.1, -0.05) is 52.0 Å². The number of hydrogen-bond acceptors (Lipinski definition) is 2. The second-order valence-electron chi connectivity index (χ2n) is 6.10. The molecule has 20 heavy (non-hydrogen) atoms. The van der Waals surface area contributed by atoms with E-state index < -0.39 is 0 Å². The third kappa shape index (κ3) is 2.64. The van der Waals surface area contributed by atoms with Crippen molar-refractivity contribution < 1.29 is 10.2 Å². The van der Waals surface area contributed by atoms with E-state index in [0.29, 0.717) is 11.7 Å². The molecule has 0 amide bonds. The number of aromatic hydroxyl groups is 2. The van der Waals surface area contributed by atoms with Gasteiger partial charge in [0.05, 0.1) is 0 Å². The molecule has 2 rings (SSSR count). The molecule has 0 bridgehead atoms. The third-order valence-electron chi connectivity index (χ3n) is 3.94. The number of hydrogen-bond donors (Lipinski definition) is 2. The lowest BCUT2D eigenvalue weighted by atomic mass is 9.77. The first-order valence-electron chi connectivity index (χ1n) is 6.95. The predicted molar refractivity (Wildman–Crippen MR) is 82.4 cm³/mol. The Bertz CT molecular complexity index is 613. The molecule has 2 aromatic carbocycles. The zero-order chi connectivity index (χ0) is 14.9. The summed E-state index contributed by atoms with van der Waals surface area (Å²) in [5.41, 5.74) is 2.74. The van der Waals surface area contributed by atoms with Gasteiger partial charge in [0.25, 0.3) is 0 Å². The Morgan fingerprint density at radius 2 is 1.55 bits per heavy atom. The Balaban J connectivity index is 2.47. The molecule has 0 saturated heterocycles. The Kier molecular flexibility index (Phi) is 3.76. The quantitative estimate of drug-likeness (QED) is 0.859. The standard InChI is InChI=1S/C18H22O2/c1-12(2)16-9-8-14(11-17(16)20)18(3,4)13-6-5-7-15(19)10-13/h5-12,19-20H,1-4H3. The normalized spacial score (nSPS) is 11.8. The largest absolute Gasteiger partial charge is 0.508 e. The van der Waals surface area contributed by atoms with Crippen LogP contribution >= 0.6 is 0 Å². The minimum absolute atomic E-state index is 0.263. The van der Waals surface area contributed by atoms with E-state index in [-0.39, 0.29) is 11.2 Å². The van der Waals surface area contributed by atoms with Gasteiger partial charge >= 0.3 is 0 Å². The van der Waals surface area contributed by atoms with Gasteiger partial charge < -0.3 is 10.2 Å². The van der Waals surface area contributed by atoms with Crippen molar-refractivity contribution in [3.05, 3.63) is 59.2 Å². The molecule has 0 aliphatic heterocycles. The van der Waals surface area contributed by atoms with Crippen LogP contribution in [-0.4, -0.2) is 10.2 Å². The highest BCUT2D eigenvalue weighted by Crippen LogP contribution is 2.36. The molecule has 0 unspecified atom stereocenters. The molecule has 2 nitrogen and oxygen atoms in total. The van der Waals surface area contributed by atoms with Crippen LogP contribution in [0.5, 0.6) is 11.5 Å². The molecule has 0 aliphatic carbocycles. The minimum atomic E-state index is -0.272. The van der Waals surface area contributed by atoms with E-state index >= 15 is 0 Å². The van der Waals surface area contributed by atoms with Crippen LogP contribution < -0.4 is 0 Å². The number of rotatable bonds is 3. The average Bonchev–Trinajstić information content (AvgIpc) is 2.38. The summed E-state index contributed by atoms with van der Waals surface area (Å²) in [4.78, 5) is 0. The fourth-order valence-electron chi connectivity index (χ4n) is 2.48. The van der Waals surface area contributed by atoms with Gasteiger partial charge in [-0.3, -0.25) is 0 Å². The zero-order valence-corrected chi connectivity index (χ0v) is 12.5. The summed E-state index contributed by atoms with van der Waals surface area (Å²) in [7, 11) is 0. The van der Waals surface area contributed by atoms with E-state index in [1.165, 1.54) is 0 Å². The summed E-state index contributed by atoms with van der Waals surface area (Å²) in [6, 6.07) is 13.1. The highest BCUT2D eigenvalue weighted by molar-refractivity contribution is 5.46. The molecule has 2 aromatic rings. The minimum Gasteiger partial charge on any atom is -0.508 e. The Morgan fingerprint density at radius 1 is 0.900 bits per heavy atom. The van der Waals surface area contributed by atoms with Crippen LogP contribution in [-0.2, 0) is 5.41 Å². The van der Waals surface area contributed by atoms with Gasteiger partial charge in [-0.15, -0.1) is 0 Å². The van der Waals surface area contributed by atoms with Gasteiger partial charge in [0.1, 0.15) is 11.5 Å². The highest BCUT2D eigenvalue weighted by atomic mass is 16.3. The average molecular weight is 270 g/mol. The SMILES string of the molecule is CC(C)c1ccc(C(C)(C)c2cccc(O)c2)cc1O. The monoisotopic (exact) mass is 270 g/mol. The molecular weight excluding hydrogens is 248 g/mol. The van der Waals surface area contributed by atoms with Crippen LogP contribution in [0.4, 0.5) is 0 Å². The molecule has 106 valence electrons. The summed E-state index contributed by atoms with van der Waals surface area (Å²) < 4.78 is 0. The van der Waals surface area contributed by atoms with E-state index in [0.717, 1.165) is 16.7 Å². The first-order valence-corrected chi connectivity index (χ1v) is 6.95. The van der Waals surface area contributed by atoms with Crippen LogP contribution in [0.15, 0.2) is 42.5 Å². The van der Waals surface area contributed by atoms with E-state index in [2.05, 4.69) is 33.8 Å². The topological polar surface area (TPSA) is 40.5 Å². The molecule has 2 N–H and O–H groups in total. The lowest BCUT2D eigenvalue weighted by molar-refractivity contribution is 0.461. The smallest absolute Gasteiger partial charge is 0.119 e. The number of phenols is 2. The fourth-order valence-corrected chi connectivity index (χ4v) is 2.48. The molecule has 0 atom stereocenters. The maximum atomic E-state index is 10.2. The van der Waals surface area contributed by atoms with E-state index in [9.17, 15) is 10.2 Å². The number of benzene rings is 2. The van der Waals surface area contributed by atoms with Crippen LogP contribution in [0, 0.1) is 0 Å². The van der Waals surface area contributed by atoms with Crippen LogP contribution in [0.2, 0.25) is 0 Å². The predicted octanol–water partition coefficient (Wildman–Crippen LogP) is 4.55. The second kappa shape index (κ2) is 5.20. The van der Waals surface area contributed by atoms with Crippen molar-refractivity contribution in [2.24, 2.45) is 0 Å². The summed E-state index contributed by atoms with van der Waals surface area (Å²) in [5, 5.41) is 19.8. The van der Waals surface area contributed by atoms with Crippen LogP contribution in [0.1, 0.15) is 50.3 Å². The first kappa shape index (κ1) is 14.4. The summed E-state index contributed by atoms with van der Waals surface area (Å²) in [6.45, 7) is 8.31. The maximum absolute atomic E-state index is 10.2. The molecule has 2 heteroatoms. The zero-order valence-electron chi connectivity index (χ0n) is 12.5. The van der Waals surface area contributed by atoms with Crippen molar-refractivity contribution in [3.63, 3.8) is 0 Å². The summed E-state index contributed by atoms with van der Waals surface area (Å²) in [5.74, 6) is 0.900. The van der Waals surface area contributed by atoms with Crippen LogP contribution in [0.25, 0.3) is 0 Å². The van der Waals surface area contributed by atoms with Gasteiger partial charge in [-0.05, 0) is 40.8 Å². The highest BCUT2D eigenvalue weighted by Gasteiger charge is 2.24. The lowest BCUT2D eigenvalue weighted by Gasteiger charge is -2.27.